The van der Waals surface area contributed by atoms with Crippen LogP contribution < -0.4 is 15.0 Å². The molecular formula is C16H19ClN4O. The average molecular weight is 319 g/mol. The molecule has 1 aromatic heterocycles. The second-order valence-corrected chi connectivity index (χ2v) is 5.68. The Kier molecular flexibility index (Phi) is 4.75. The molecule has 6 heteroatoms. The van der Waals surface area contributed by atoms with E-state index in [4.69, 9.17) is 16.3 Å². The summed E-state index contributed by atoms with van der Waals surface area (Å²) in [5, 5.41) is 4.02. The lowest BCUT2D eigenvalue weighted by Crippen LogP contribution is -2.44. The van der Waals surface area contributed by atoms with E-state index >= 15 is 0 Å². The van der Waals surface area contributed by atoms with Gasteiger partial charge in [-0.1, -0.05) is 23.7 Å². The van der Waals surface area contributed by atoms with E-state index in [0.717, 1.165) is 37.7 Å². The minimum absolute atomic E-state index is 0.121. The molecule has 0 aliphatic carbocycles. The Labute approximate surface area is 135 Å². The maximum absolute atomic E-state index is 6.02. The van der Waals surface area contributed by atoms with Crippen molar-refractivity contribution in [3.05, 3.63) is 47.1 Å². The van der Waals surface area contributed by atoms with Gasteiger partial charge < -0.3 is 15.0 Å². The van der Waals surface area contributed by atoms with Gasteiger partial charge in [0.25, 0.3) is 0 Å². The number of nitrogens with one attached hydrogen (secondary N) is 1. The maximum atomic E-state index is 6.02. The molecule has 1 aromatic carbocycles. The maximum Gasteiger partial charge on any atom is 0.228 e. The number of nitrogens with zero attached hydrogens (tertiary/aromatic N) is 3. The van der Waals surface area contributed by atoms with Crippen molar-refractivity contribution in [1.29, 1.82) is 0 Å². The summed E-state index contributed by atoms with van der Waals surface area (Å²) in [6.07, 6.45) is 1.62. The second kappa shape index (κ2) is 6.94. The lowest BCUT2D eigenvalue weighted by Gasteiger charge is -2.27. The third-order valence-corrected chi connectivity index (χ3v) is 3.87. The third kappa shape index (κ3) is 3.67. The van der Waals surface area contributed by atoms with Crippen LogP contribution in [0.5, 0.6) is 5.88 Å². The van der Waals surface area contributed by atoms with Gasteiger partial charge in [-0.2, -0.15) is 4.98 Å². The zero-order valence-corrected chi connectivity index (χ0v) is 13.3. The van der Waals surface area contributed by atoms with Crippen molar-refractivity contribution in [3.63, 3.8) is 0 Å². The van der Waals surface area contributed by atoms with Crippen molar-refractivity contribution >= 4 is 17.5 Å². The van der Waals surface area contributed by atoms with Gasteiger partial charge in [0.2, 0.25) is 11.8 Å². The van der Waals surface area contributed by atoms with Crippen LogP contribution in [0.3, 0.4) is 0 Å². The predicted octanol–water partition coefficient (Wildman–Crippen LogP) is 2.68. The number of hydrogen-bond donors (Lipinski definition) is 1. The highest BCUT2D eigenvalue weighted by Crippen LogP contribution is 2.23. The van der Waals surface area contributed by atoms with Crippen LogP contribution in [0.25, 0.3) is 0 Å². The molecule has 1 fully saturated rings. The molecule has 1 unspecified atom stereocenters. The summed E-state index contributed by atoms with van der Waals surface area (Å²) >= 11 is 6.02. The Hall–Kier alpha value is -1.85. The van der Waals surface area contributed by atoms with Gasteiger partial charge in [-0.3, -0.25) is 0 Å². The first-order valence-corrected chi connectivity index (χ1v) is 7.81. The Morgan fingerprint density at radius 1 is 1.27 bits per heavy atom. The van der Waals surface area contributed by atoms with E-state index in [-0.39, 0.29) is 6.10 Å². The Bertz CT molecular complexity index is 631. The Balaban J connectivity index is 1.72. The first-order valence-electron chi connectivity index (χ1n) is 7.43. The van der Waals surface area contributed by atoms with E-state index in [9.17, 15) is 0 Å². The molecule has 1 atom stereocenters. The molecule has 5 nitrogen and oxygen atoms in total. The van der Waals surface area contributed by atoms with Gasteiger partial charge >= 0.3 is 0 Å². The normalized spacial score (nSPS) is 16.4. The van der Waals surface area contributed by atoms with Crippen LogP contribution in [0.1, 0.15) is 18.6 Å². The van der Waals surface area contributed by atoms with Gasteiger partial charge in [0.1, 0.15) is 6.10 Å². The van der Waals surface area contributed by atoms with Gasteiger partial charge in [-0.05, 0) is 24.6 Å². The van der Waals surface area contributed by atoms with Gasteiger partial charge in [-0.25, -0.2) is 4.98 Å². The molecule has 1 aliphatic rings. The summed E-state index contributed by atoms with van der Waals surface area (Å²) in [5.74, 6) is 1.30. The highest BCUT2D eigenvalue weighted by Gasteiger charge is 2.15. The van der Waals surface area contributed by atoms with Crippen LogP contribution in [-0.2, 0) is 0 Å². The lowest BCUT2D eigenvalue weighted by atomic mass is 10.1. The predicted molar refractivity (Wildman–Crippen MR) is 87.6 cm³/mol. The minimum atomic E-state index is -0.121. The summed E-state index contributed by atoms with van der Waals surface area (Å²) in [7, 11) is 0. The fraction of sp³-hybridized carbons (Fsp3) is 0.375. The molecule has 1 saturated heterocycles. The van der Waals surface area contributed by atoms with E-state index in [2.05, 4.69) is 20.2 Å². The van der Waals surface area contributed by atoms with E-state index in [0.29, 0.717) is 10.9 Å². The largest absolute Gasteiger partial charge is 0.470 e. The van der Waals surface area contributed by atoms with E-state index in [1.54, 1.807) is 12.3 Å². The number of rotatable bonds is 4. The molecule has 3 rings (SSSR count). The van der Waals surface area contributed by atoms with Crippen LogP contribution in [-0.4, -0.2) is 36.1 Å². The van der Waals surface area contributed by atoms with Crippen LogP contribution in [0.2, 0.25) is 5.02 Å². The summed E-state index contributed by atoms with van der Waals surface area (Å²) < 4.78 is 5.93. The van der Waals surface area contributed by atoms with Crippen LogP contribution in [0, 0.1) is 0 Å². The van der Waals surface area contributed by atoms with Crippen LogP contribution in [0.15, 0.2) is 36.5 Å². The number of aromatic nitrogens is 2. The van der Waals surface area contributed by atoms with Gasteiger partial charge in [0.15, 0.2) is 0 Å². The first-order chi connectivity index (χ1) is 10.7. The van der Waals surface area contributed by atoms with Crippen LogP contribution in [0.4, 0.5) is 5.95 Å². The van der Waals surface area contributed by atoms with E-state index in [1.165, 1.54) is 0 Å². The lowest BCUT2D eigenvalue weighted by molar-refractivity contribution is 0.217. The van der Waals surface area contributed by atoms with Gasteiger partial charge in [-0.15, -0.1) is 0 Å². The number of hydrogen-bond acceptors (Lipinski definition) is 5. The van der Waals surface area contributed by atoms with Crippen molar-refractivity contribution < 1.29 is 4.74 Å². The van der Waals surface area contributed by atoms with Crippen LogP contribution >= 0.6 is 11.6 Å². The highest BCUT2D eigenvalue weighted by atomic mass is 35.5. The zero-order chi connectivity index (χ0) is 15.4. The van der Waals surface area contributed by atoms with E-state index < -0.39 is 0 Å². The highest BCUT2D eigenvalue weighted by molar-refractivity contribution is 6.30. The van der Waals surface area contributed by atoms with Crippen molar-refractivity contribution in [3.8, 4) is 5.88 Å². The second-order valence-electron chi connectivity index (χ2n) is 5.25. The van der Waals surface area contributed by atoms with Gasteiger partial charge in [0, 0.05) is 43.5 Å². The summed E-state index contributed by atoms with van der Waals surface area (Å²) in [6, 6.07) is 9.46. The molecule has 0 amide bonds. The monoisotopic (exact) mass is 318 g/mol. The number of piperazine rings is 1. The zero-order valence-electron chi connectivity index (χ0n) is 12.5. The smallest absolute Gasteiger partial charge is 0.228 e. The first kappa shape index (κ1) is 15.1. The topological polar surface area (TPSA) is 50.3 Å². The molecule has 0 bridgehead atoms. The molecule has 1 N–H and O–H groups in total. The molecule has 116 valence electrons. The minimum Gasteiger partial charge on any atom is -0.470 e. The number of benzene rings is 1. The number of anilines is 1. The molecule has 0 saturated carbocycles. The quantitative estimate of drug-likeness (QED) is 0.939. The van der Waals surface area contributed by atoms with E-state index in [1.807, 2.05) is 31.2 Å². The summed E-state index contributed by atoms with van der Waals surface area (Å²) in [4.78, 5) is 11.0. The molecular weight excluding hydrogens is 300 g/mol. The molecule has 0 radical (unpaired) electrons. The Morgan fingerprint density at radius 3 is 2.86 bits per heavy atom. The average Bonchev–Trinajstić information content (AvgIpc) is 2.56. The Morgan fingerprint density at radius 2 is 2.09 bits per heavy atom. The fourth-order valence-electron chi connectivity index (χ4n) is 2.42. The van der Waals surface area contributed by atoms with Gasteiger partial charge in [0.05, 0.1) is 0 Å². The SMILES string of the molecule is CC(Oc1ccnc(N2CCNCC2)n1)c1cccc(Cl)c1. The number of halogens is 1. The third-order valence-electron chi connectivity index (χ3n) is 3.63. The summed E-state index contributed by atoms with van der Waals surface area (Å²) in [6.45, 7) is 5.71. The molecule has 2 heterocycles. The molecule has 1 aliphatic heterocycles. The van der Waals surface area contributed by atoms with Crippen molar-refractivity contribution in [1.82, 2.24) is 15.3 Å². The number of ether oxygens (including phenoxy) is 1. The van der Waals surface area contributed by atoms with Crippen molar-refractivity contribution in [2.45, 2.75) is 13.0 Å². The molecule has 0 spiro atoms. The van der Waals surface area contributed by atoms with Crippen molar-refractivity contribution in [2.75, 3.05) is 31.1 Å². The van der Waals surface area contributed by atoms with Crippen molar-refractivity contribution in [2.24, 2.45) is 0 Å². The fourth-order valence-corrected chi connectivity index (χ4v) is 2.62. The standard InChI is InChI=1S/C16H19ClN4O/c1-12(13-3-2-4-14(17)11-13)22-15-5-6-19-16(20-15)21-9-7-18-8-10-21/h2-6,11-12,18H,7-10H2,1H3. The molecule has 2 aromatic rings. The summed E-state index contributed by atoms with van der Waals surface area (Å²) in [5.41, 5.74) is 1.02. The molecule has 22 heavy (non-hydrogen) atoms.